The first kappa shape index (κ1) is 16.4. The van der Waals surface area contributed by atoms with E-state index in [0.29, 0.717) is 19.4 Å². The van der Waals surface area contributed by atoms with Gasteiger partial charge in [-0.15, -0.1) is 0 Å². The van der Waals surface area contributed by atoms with E-state index in [1.807, 2.05) is 0 Å². The predicted molar refractivity (Wildman–Crippen MR) is 70.8 cm³/mol. The molecule has 1 rings (SSSR count). The van der Waals surface area contributed by atoms with Gasteiger partial charge in [0.1, 0.15) is 12.5 Å². The molecule has 0 spiro atoms. The van der Waals surface area contributed by atoms with Gasteiger partial charge >= 0.3 is 22.0 Å². The summed E-state index contributed by atoms with van der Waals surface area (Å²) in [6, 6.07) is 0. The number of sulfonamides is 1. The van der Waals surface area contributed by atoms with Gasteiger partial charge in [0.25, 0.3) is 0 Å². The third-order valence-corrected chi connectivity index (χ3v) is 4.83. The number of hydrogen-bond donors (Lipinski definition) is 2. The van der Waals surface area contributed by atoms with Gasteiger partial charge in [-0.05, 0) is 12.8 Å². The number of imide groups is 1. The smallest absolute Gasteiger partial charge is 0.422 e. The second-order valence-corrected chi connectivity index (χ2v) is 6.70. The van der Waals surface area contributed by atoms with E-state index >= 15 is 0 Å². The molecule has 1 heterocycles. The van der Waals surface area contributed by atoms with Crippen molar-refractivity contribution in [3.05, 3.63) is 0 Å². The molecular weight excluding hydrogens is 288 g/mol. The number of ether oxygens (including phenoxy) is 1. The van der Waals surface area contributed by atoms with Gasteiger partial charge in [0.15, 0.2) is 5.96 Å². The Morgan fingerprint density at radius 2 is 2.10 bits per heavy atom. The van der Waals surface area contributed by atoms with Gasteiger partial charge in [-0.25, -0.2) is 4.79 Å². The molecule has 0 aromatic rings. The number of nitrogens with two attached hydrogens (primary N) is 2. The summed E-state index contributed by atoms with van der Waals surface area (Å²) in [5.41, 5.74) is 10.3. The molecule has 1 saturated heterocycles. The van der Waals surface area contributed by atoms with Gasteiger partial charge in [-0.2, -0.15) is 13.2 Å². The average Bonchev–Trinajstić information content (AvgIpc) is 2.33. The van der Waals surface area contributed by atoms with E-state index in [4.69, 9.17) is 11.5 Å². The number of guanidine groups is 1. The first-order chi connectivity index (χ1) is 9.16. The molecule has 1 fully saturated rings. The average molecular weight is 307 g/mol. The van der Waals surface area contributed by atoms with Crippen LogP contribution in [0.2, 0.25) is 0 Å². The number of aliphatic imine (C=N–C) groups is 1. The molecule has 4 N–H and O–H groups in total. The van der Waals surface area contributed by atoms with Gasteiger partial charge in [0, 0.05) is 6.54 Å². The van der Waals surface area contributed by atoms with Crippen molar-refractivity contribution >= 4 is 28.0 Å². The normalized spacial score (nSPS) is 25.7. The predicted octanol–water partition coefficient (Wildman–Crippen LogP) is -1.26. The highest BCUT2D eigenvalue weighted by Gasteiger charge is 2.67. The maximum Gasteiger partial charge on any atom is 0.539 e. The van der Waals surface area contributed by atoms with Crippen molar-refractivity contribution < 1.29 is 26.6 Å². The number of nitrogens with zero attached hydrogens (tertiary/aromatic N) is 2. The fourth-order valence-electron chi connectivity index (χ4n) is 2.17. The molecule has 9 nitrogen and oxygen atoms in total. The number of methoxy groups -OCH3 is 1. The van der Waals surface area contributed by atoms with E-state index in [2.05, 4.69) is 9.73 Å². The van der Waals surface area contributed by atoms with Crippen molar-refractivity contribution in [1.82, 2.24) is 0 Å². The lowest BCUT2D eigenvalue weighted by Gasteiger charge is -2.40. The number of rotatable bonds is 5. The fourth-order valence-corrected chi connectivity index (χ4v) is 3.44. The van der Waals surface area contributed by atoms with Crippen LogP contribution in [0, 0.1) is 5.92 Å². The molecule has 0 aliphatic carbocycles. The third-order valence-electron chi connectivity index (χ3n) is 3.22. The number of carbonyl (C=O) groups is 2. The zero-order valence-electron chi connectivity index (χ0n) is 11.4. The van der Waals surface area contributed by atoms with E-state index in [0.717, 1.165) is 13.4 Å². The molecule has 114 valence electrons. The molecule has 0 aromatic carbocycles. The van der Waals surface area contributed by atoms with Crippen molar-refractivity contribution in [3.63, 3.8) is 0 Å². The first-order valence-electron chi connectivity index (χ1n) is 5.93. The maximum absolute atomic E-state index is 12.1. The number of quaternary nitrogens is 1. The van der Waals surface area contributed by atoms with Crippen LogP contribution in [0.3, 0.4) is 0 Å². The standard InChI is InChI=1S/C10H19N4O5S/c1-19-10(16)14(20(2,17)18)6-7(8(14)15)4-3-5-13-9(11)12/h7H,3-6H2,1-2H3,(H4,11,12,13)/q+1/t7-,14-/m1/s1. The fraction of sp³-hybridized carbons (Fsp3) is 0.700. The van der Waals surface area contributed by atoms with Crippen molar-refractivity contribution in [3.8, 4) is 0 Å². The van der Waals surface area contributed by atoms with Crippen molar-refractivity contribution in [2.24, 2.45) is 22.4 Å². The summed E-state index contributed by atoms with van der Waals surface area (Å²) in [6.07, 6.45) is 0.719. The third kappa shape index (κ3) is 2.75. The number of hydrogen-bond acceptors (Lipinski definition) is 6. The molecule has 0 bridgehead atoms. The van der Waals surface area contributed by atoms with Crippen molar-refractivity contribution in [2.45, 2.75) is 12.8 Å². The second kappa shape index (κ2) is 5.75. The summed E-state index contributed by atoms with van der Waals surface area (Å²) in [4.78, 5) is 27.5. The Balaban J connectivity index is 2.72. The number of β-lactam (4-membered cyclic amide) rings is 1. The van der Waals surface area contributed by atoms with E-state index in [1.165, 1.54) is 0 Å². The van der Waals surface area contributed by atoms with E-state index < -0.39 is 31.8 Å². The first-order valence-corrected chi connectivity index (χ1v) is 7.78. The molecule has 2 atom stereocenters. The summed E-state index contributed by atoms with van der Waals surface area (Å²) in [5, 5.41) is 0. The van der Waals surface area contributed by atoms with Crippen LogP contribution in [0.4, 0.5) is 4.79 Å². The molecular formula is C10H19N4O5S+. The molecule has 0 aromatic heterocycles. The van der Waals surface area contributed by atoms with Crippen LogP contribution in [0.25, 0.3) is 0 Å². The molecule has 0 radical (unpaired) electrons. The van der Waals surface area contributed by atoms with Crippen LogP contribution in [-0.2, 0) is 19.6 Å². The molecule has 10 heteroatoms. The Morgan fingerprint density at radius 3 is 2.50 bits per heavy atom. The highest BCUT2D eigenvalue weighted by molar-refractivity contribution is 7.85. The summed E-state index contributed by atoms with van der Waals surface area (Å²) < 4.78 is 26.6. The lowest BCUT2D eigenvalue weighted by Crippen LogP contribution is -2.72. The lowest BCUT2D eigenvalue weighted by atomic mass is 9.94. The molecule has 1 aliphatic heterocycles. The Hall–Kier alpha value is -1.68. The van der Waals surface area contributed by atoms with Gasteiger partial charge in [-0.3, -0.25) is 4.99 Å². The van der Waals surface area contributed by atoms with E-state index in [1.54, 1.807) is 0 Å². The Bertz CT molecular complexity index is 540. The minimum atomic E-state index is -3.92. The molecule has 20 heavy (non-hydrogen) atoms. The summed E-state index contributed by atoms with van der Waals surface area (Å²) in [7, 11) is -2.87. The van der Waals surface area contributed by atoms with Crippen LogP contribution in [0.5, 0.6) is 0 Å². The van der Waals surface area contributed by atoms with E-state index in [-0.39, 0.29) is 12.5 Å². The monoisotopic (exact) mass is 307 g/mol. The lowest BCUT2D eigenvalue weighted by molar-refractivity contribution is -0.694. The van der Waals surface area contributed by atoms with Crippen LogP contribution in [0.1, 0.15) is 12.8 Å². The topological polar surface area (TPSA) is 142 Å². The number of amides is 2. The van der Waals surface area contributed by atoms with Crippen LogP contribution >= 0.6 is 0 Å². The molecule has 0 unspecified atom stereocenters. The molecule has 1 aliphatic rings. The quantitative estimate of drug-likeness (QED) is 0.212. The van der Waals surface area contributed by atoms with Crippen molar-refractivity contribution in [2.75, 3.05) is 26.5 Å². The molecule has 0 saturated carbocycles. The Morgan fingerprint density at radius 1 is 1.50 bits per heavy atom. The summed E-state index contributed by atoms with van der Waals surface area (Å²) in [5.74, 6) is -1.21. The van der Waals surface area contributed by atoms with E-state index in [9.17, 15) is 18.0 Å². The van der Waals surface area contributed by atoms with Crippen LogP contribution in [0.15, 0.2) is 4.99 Å². The van der Waals surface area contributed by atoms with Crippen molar-refractivity contribution in [1.29, 1.82) is 0 Å². The summed E-state index contributed by atoms with van der Waals surface area (Å²) in [6.45, 7) is 0.245. The highest BCUT2D eigenvalue weighted by Crippen LogP contribution is 2.35. The van der Waals surface area contributed by atoms with Gasteiger partial charge in [-0.1, -0.05) is 3.89 Å². The van der Waals surface area contributed by atoms with Crippen LogP contribution < -0.4 is 11.5 Å². The zero-order chi connectivity index (χ0) is 15.6. The Labute approximate surface area is 117 Å². The minimum absolute atomic E-state index is 0.0410. The maximum atomic E-state index is 12.1. The number of carbonyl (C=O) groups excluding carboxylic acids is 2. The molecule has 2 amide bonds. The minimum Gasteiger partial charge on any atom is -0.422 e. The van der Waals surface area contributed by atoms with Crippen LogP contribution in [-0.4, -0.2) is 56.7 Å². The second-order valence-electron chi connectivity index (χ2n) is 4.61. The summed E-state index contributed by atoms with van der Waals surface area (Å²) >= 11 is 0. The number of likely N-dealkylation sites (tertiary alicyclic amines) is 1. The zero-order valence-corrected chi connectivity index (χ0v) is 12.2. The largest absolute Gasteiger partial charge is 0.539 e. The van der Waals surface area contributed by atoms with Gasteiger partial charge in [0.2, 0.25) is 0 Å². The Kier molecular flexibility index (Phi) is 4.71. The highest BCUT2D eigenvalue weighted by atomic mass is 32.2. The van der Waals surface area contributed by atoms with Gasteiger partial charge in [0.05, 0.1) is 13.4 Å². The SMILES string of the molecule is COC(=O)[N@@+]1(S(C)(=O)=O)C[C@@H](CCCN=C(N)N)C1=O. The van der Waals surface area contributed by atoms with Gasteiger partial charge < -0.3 is 16.2 Å².